The van der Waals surface area contributed by atoms with Gasteiger partial charge in [0.1, 0.15) is 0 Å². The average Bonchev–Trinajstić information content (AvgIpc) is 2.56. The molecule has 2 nitrogen and oxygen atoms in total. The Bertz CT molecular complexity index is 301. The highest BCUT2D eigenvalue weighted by Gasteiger charge is 2.18. The van der Waals surface area contributed by atoms with Crippen molar-refractivity contribution >= 4 is 0 Å². The number of hydrogen-bond donors (Lipinski definition) is 1. The average molecular weight is 176 g/mol. The van der Waals surface area contributed by atoms with E-state index in [0.29, 0.717) is 5.92 Å². The van der Waals surface area contributed by atoms with Crippen LogP contribution in [0.15, 0.2) is 12.3 Å². The van der Waals surface area contributed by atoms with Gasteiger partial charge in [0.05, 0.1) is 0 Å². The van der Waals surface area contributed by atoms with Gasteiger partial charge in [-0.25, -0.2) is 0 Å². The molecule has 0 aromatic carbocycles. The van der Waals surface area contributed by atoms with Crippen molar-refractivity contribution in [3.63, 3.8) is 0 Å². The first-order valence-electron chi connectivity index (χ1n) is 4.91. The van der Waals surface area contributed by atoms with Gasteiger partial charge >= 0.3 is 0 Å². The fourth-order valence-electron chi connectivity index (χ4n) is 2.05. The van der Waals surface area contributed by atoms with Crippen molar-refractivity contribution in [1.82, 2.24) is 10.3 Å². The van der Waals surface area contributed by atoms with Crippen LogP contribution in [0.1, 0.15) is 29.2 Å². The second-order valence-corrected chi connectivity index (χ2v) is 3.87. The zero-order chi connectivity index (χ0) is 9.26. The predicted molar refractivity (Wildman–Crippen MR) is 53.9 cm³/mol. The molecule has 0 amide bonds. The third-order valence-corrected chi connectivity index (χ3v) is 2.79. The van der Waals surface area contributed by atoms with Gasteiger partial charge in [-0.3, -0.25) is 4.98 Å². The van der Waals surface area contributed by atoms with Crippen molar-refractivity contribution in [2.24, 2.45) is 0 Å². The molecule has 0 spiro atoms. The Morgan fingerprint density at radius 3 is 2.92 bits per heavy atom. The monoisotopic (exact) mass is 176 g/mol. The van der Waals surface area contributed by atoms with Crippen LogP contribution in [0, 0.1) is 13.8 Å². The van der Waals surface area contributed by atoms with E-state index in [4.69, 9.17) is 0 Å². The Kier molecular flexibility index (Phi) is 2.32. The van der Waals surface area contributed by atoms with Gasteiger partial charge in [0.2, 0.25) is 0 Å². The van der Waals surface area contributed by atoms with Crippen LogP contribution in [0.4, 0.5) is 0 Å². The van der Waals surface area contributed by atoms with E-state index >= 15 is 0 Å². The van der Waals surface area contributed by atoms with E-state index in [2.05, 4.69) is 23.3 Å². The molecule has 1 aliphatic rings. The molecule has 2 rings (SSSR count). The molecule has 1 unspecified atom stereocenters. The van der Waals surface area contributed by atoms with E-state index in [9.17, 15) is 0 Å². The lowest BCUT2D eigenvalue weighted by Crippen LogP contribution is -2.09. The molecule has 1 N–H and O–H groups in total. The lowest BCUT2D eigenvalue weighted by molar-refractivity contribution is 0.751. The molecule has 1 aromatic rings. The summed E-state index contributed by atoms with van der Waals surface area (Å²) in [5, 5.41) is 3.38. The van der Waals surface area contributed by atoms with Gasteiger partial charge in [-0.1, -0.05) is 0 Å². The Balaban J connectivity index is 2.29. The van der Waals surface area contributed by atoms with Crippen LogP contribution in [0.2, 0.25) is 0 Å². The molecular formula is C11H16N2. The zero-order valence-electron chi connectivity index (χ0n) is 8.30. The SMILES string of the molecule is Cc1cc(C)c(C2CCNC2)cn1. The quantitative estimate of drug-likeness (QED) is 0.705. The van der Waals surface area contributed by atoms with Crippen molar-refractivity contribution in [2.45, 2.75) is 26.2 Å². The summed E-state index contributed by atoms with van der Waals surface area (Å²) in [5.74, 6) is 0.688. The predicted octanol–water partition coefficient (Wildman–Crippen LogP) is 1.78. The first kappa shape index (κ1) is 8.70. The summed E-state index contributed by atoms with van der Waals surface area (Å²) in [6.07, 6.45) is 3.30. The van der Waals surface area contributed by atoms with Crippen molar-refractivity contribution in [3.8, 4) is 0 Å². The number of hydrogen-bond acceptors (Lipinski definition) is 2. The largest absolute Gasteiger partial charge is 0.316 e. The van der Waals surface area contributed by atoms with E-state index in [0.717, 1.165) is 18.8 Å². The summed E-state index contributed by atoms with van der Waals surface area (Å²) < 4.78 is 0. The summed E-state index contributed by atoms with van der Waals surface area (Å²) >= 11 is 0. The topological polar surface area (TPSA) is 24.9 Å². The smallest absolute Gasteiger partial charge is 0.0375 e. The van der Waals surface area contributed by atoms with Gasteiger partial charge in [-0.15, -0.1) is 0 Å². The summed E-state index contributed by atoms with van der Waals surface area (Å²) in [6.45, 7) is 6.50. The van der Waals surface area contributed by atoms with Crippen molar-refractivity contribution in [3.05, 3.63) is 29.1 Å². The van der Waals surface area contributed by atoms with E-state index in [1.54, 1.807) is 0 Å². The third kappa shape index (κ3) is 1.73. The second kappa shape index (κ2) is 3.46. The minimum Gasteiger partial charge on any atom is -0.316 e. The van der Waals surface area contributed by atoms with Gasteiger partial charge in [0, 0.05) is 18.4 Å². The minimum absolute atomic E-state index is 0.688. The molecule has 2 heteroatoms. The van der Waals surface area contributed by atoms with Crippen LogP contribution in [-0.4, -0.2) is 18.1 Å². The van der Waals surface area contributed by atoms with Gasteiger partial charge in [0.25, 0.3) is 0 Å². The Morgan fingerprint density at radius 1 is 1.46 bits per heavy atom. The summed E-state index contributed by atoms with van der Waals surface area (Å²) in [6, 6.07) is 2.17. The number of rotatable bonds is 1. The van der Waals surface area contributed by atoms with Crippen LogP contribution in [0.5, 0.6) is 0 Å². The van der Waals surface area contributed by atoms with Crippen molar-refractivity contribution in [1.29, 1.82) is 0 Å². The molecule has 1 saturated heterocycles. The molecule has 1 atom stereocenters. The Morgan fingerprint density at radius 2 is 2.31 bits per heavy atom. The first-order valence-corrected chi connectivity index (χ1v) is 4.91. The van der Waals surface area contributed by atoms with E-state index in [1.165, 1.54) is 17.5 Å². The van der Waals surface area contributed by atoms with Crippen molar-refractivity contribution < 1.29 is 0 Å². The first-order chi connectivity index (χ1) is 6.27. The second-order valence-electron chi connectivity index (χ2n) is 3.87. The fraction of sp³-hybridized carbons (Fsp3) is 0.545. The lowest BCUT2D eigenvalue weighted by Gasteiger charge is -2.11. The van der Waals surface area contributed by atoms with Crippen LogP contribution >= 0.6 is 0 Å². The maximum Gasteiger partial charge on any atom is 0.0375 e. The molecule has 0 aliphatic carbocycles. The maximum absolute atomic E-state index is 4.36. The molecule has 70 valence electrons. The summed E-state index contributed by atoms with van der Waals surface area (Å²) in [5.41, 5.74) is 3.93. The van der Waals surface area contributed by atoms with Crippen molar-refractivity contribution in [2.75, 3.05) is 13.1 Å². The maximum atomic E-state index is 4.36. The number of aryl methyl sites for hydroxylation is 2. The molecule has 0 radical (unpaired) electrons. The number of nitrogens with one attached hydrogen (secondary N) is 1. The van der Waals surface area contributed by atoms with Gasteiger partial charge < -0.3 is 5.32 Å². The van der Waals surface area contributed by atoms with E-state index in [-0.39, 0.29) is 0 Å². The lowest BCUT2D eigenvalue weighted by atomic mass is 9.96. The van der Waals surface area contributed by atoms with Gasteiger partial charge in [-0.05, 0) is 49.9 Å². The Labute approximate surface area is 79.4 Å². The highest BCUT2D eigenvalue weighted by Crippen LogP contribution is 2.24. The summed E-state index contributed by atoms with van der Waals surface area (Å²) in [7, 11) is 0. The fourth-order valence-corrected chi connectivity index (χ4v) is 2.05. The zero-order valence-corrected chi connectivity index (χ0v) is 8.30. The molecule has 1 aliphatic heterocycles. The molecule has 0 saturated carbocycles. The minimum atomic E-state index is 0.688. The molecule has 13 heavy (non-hydrogen) atoms. The highest BCUT2D eigenvalue weighted by molar-refractivity contribution is 5.29. The normalized spacial score (nSPS) is 22.2. The van der Waals surface area contributed by atoms with E-state index < -0.39 is 0 Å². The standard InChI is InChI=1S/C11H16N2/c1-8-5-9(2)13-7-11(8)10-3-4-12-6-10/h5,7,10,12H,3-4,6H2,1-2H3. The van der Waals surface area contributed by atoms with E-state index in [1.807, 2.05) is 13.1 Å². The molecule has 1 fully saturated rings. The van der Waals surface area contributed by atoms with Gasteiger partial charge in [-0.2, -0.15) is 0 Å². The molecule has 0 bridgehead atoms. The van der Waals surface area contributed by atoms with Crippen LogP contribution in [0.3, 0.4) is 0 Å². The molecule has 2 heterocycles. The number of aromatic nitrogens is 1. The van der Waals surface area contributed by atoms with Crippen LogP contribution in [0.25, 0.3) is 0 Å². The van der Waals surface area contributed by atoms with Crippen LogP contribution in [-0.2, 0) is 0 Å². The Hall–Kier alpha value is -0.890. The molecule has 1 aromatic heterocycles. The summed E-state index contributed by atoms with van der Waals surface area (Å²) in [4.78, 5) is 4.36. The number of nitrogens with zero attached hydrogens (tertiary/aromatic N) is 1. The highest BCUT2D eigenvalue weighted by atomic mass is 14.9. The van der Waals surface area contributed by atoms with Crippen LogP contribution < -0.4 is 5.32 Å². The van der Waals surface area contributed by atoms with Gasteiger partial charge in [0.15, 0.2) is 0 Å². The molecular weight excluding hydrogens is 160 g/mol. The third-order valence-electron chi connectivity index (χ3n) is 2.79. The number of pyridine rings is 1.